The van der Waals surface area contributed by atoms with Crippen LogP contribution in [0.2, 0.25) is 0 Å². The zero-order valence-corrected chi connectivity index (χ0v) is 7.78. The largest absolute Gasteiger partial charge is 0.371 e. The van der Waals surface area contributed by atoms with Gasteiger partial charge in [0.2, 0.25) is 0 Å². The van der Waals surface area contributed by atoms with E-state index in [0.717, 1.165) is 12.0 Å². The fourth-order valence-electron chi connectivity index (χ4n) is 0.928. The Balaban J connectivity index is 0.000000461. The van der Waals surface area contributed by atoms with Crippen LogP contribution < -0.4 is 0 Å². The Morgan fingerprint density at radius 2 is 2.00 bits per heavy atom. The summed E-state index contributed by atoms with van der Waals surface area (Å²) in [5, 5.41) is 0. The van der Waals surface area contributed by atoms with Crippen LogP contribution in [-0.2, 0) is 4.74 Å². The van der Waals surface area contributed by atoms with Crippen LogP contribution in [0, 0.1) is 0 Å². The third kappa shape index (κ3) is 3.02. The molecule has 0 fully saturated rings. The Hall–Kier alpha value is -0.370. The molecule has 1 heterocycles. The maximum absolute atomic E-state index is 12.7. The lowest BCUT2D eigenvalue weighted by Crippen LogP contribution is -2.16. The van der Waals surface area contributed by atoms with Gasteiger partial charge in [-0.15, -0.1) is 0 Å². The van der Waals surface area contributed by atoms with Crippen molar-refractivity contribution in [2.75, 3.05) is 6.61 Å². The van der Waals surface area contributed by atoms with Gasteiger partial charge in [-0.25, -0.2) is 4.39 Å². The zero-order chi connectivity index (χ0) is 8.85. The summed E-state index contributed by atoms with van der Waals surface area (Å²) in [4.78, 5) is 0. The Bertz CT molecular complexity index is 140. The zero-order valence-electron chi connectivity index (χ0n) is 7.78. The van der Waals surface area contributed by atoms with Crippen molar-refractivity contribution in [2.24, 2.45) is 0 Å². The maximum Gasteiger partial charge on any atom is 0.127 e. The van der Waals surface area contributed by atoms with E-state index in [-0.39, 0.29) is 11.9 Å². The van der Waals surface area contributed by atoms with Crippen molar-refractivity contribution >= 4 is 0 Å². The molecular formula is C9H17FO. The van der Waals surface area contributed by atoms with Gasteiger partial charge in [-0.2, -0.15) is 0 Å². The minimum Gasteiger partial charge on any atom is -0.371 e. The monoisotopic (exact) mass is 160 g/mol. The first-order chi connectivity index (χ1) is 5.22. The highest BCUT2D eigenvalue weighted by Crippen LogP contribution is 2.21. The van der Waals surface area contributed by atoms with Crippen LogP contribution in [0.1, 0.15) is 34.1 Å². The summed E-state index contributed by atoms with van der Waals surface area (Å²) in [6.45, 7) is 8.22. The Labute approximate surface area is 68.2 Å². The standard InChI is InChI=1S/C7H11FO.C2H6/c1-5-3-4-9-6(2)7(5)8;1-2/h6H,3-4H2,1-2H3;1-2H3. The van der Waals surface area contributed by atoms with Gasteiger partial charge in [0, 0.05) is 0 Å². The molecule has 2 heteroatoms. The average molecular weight is 160 g/mol. The first-order valence-corrected chi connectivity index (χ1v) is 4.18. The second-order valence-corrected chi connectivity index (χ2v) is 2.39. The minimum atomic E-state index is -0.307. The highest BCUT2D eigenvalue weighted by molar-refractivity contribution is 5.10. The molecule has 0 aliphatic carbocycles. The van der Waals surface area contributed by atoms with Crippen molar-refractivity contribution in [3.63, 3.8) is 0 Å². The van der Waals surface area contributed by atoms with Crippen LogP contribution in [-0.4, -0.2) is 12.7 Å². The molecule has 66 valence electrons. The first kappa shape index (κ1) is 10.6. The summed E-state index contributed by atoms with van der Waals surface area (Å²) < 4.78 is 17.8. The fraction of sp³-hybridized carbons (Fsp3) is 0.778. The van der Waals surface area contributed by atoms with Gasteiger partial charge in [0.1, 0.15) is 11.9 Å². The predicted octanol–water partition coefficient (Wildman–Crippen LogP) is 3.06. The Morgan fingerprint density at radius 1 is 1.45 bits per heavy atom. The maximum atomic E-state index is 12.7. The molecule has 0 aromatic carbocycles. The van der Waals surface area contributed by atoms with Crippen molar-refractivity contribution in [1.29, 1.82) is 0 Å². The molecule has 0 N–H and O–H groups in total. The molecule has 1 aliphatic rings. The van der Waals surface area contributed by atoms with Crippen LogP contribution in [0.3, 0.4) is 0 Å². The minimum absolute atomic E-state index is 0.0822. The molecule has 0 spiro atoms. The van der Waals surface area contributed by atoms with Gasteiger partial charge >= 0.3 is 0 Å². The van der Waals surface area contributed by atoms with Gasteiger partial charge < -0.3 is 4.74 Å². The molecule has 1 nitrogen and oxygen atoms in total. The molecule has 0 radical (unpaired) electrons. The molecule has 1 rings (SSSR count). The molecule has 0 aromatic heterocycles. The van der Waals surface area contributed by atoms with Gasteiger partial charge in [0.25, 0.3) is 0 Å². The van der Waals surface area contributed by atoms with E-state index in [1.165, 1.54) is 0 Å². The lowest BCUT2D eigenvalue weighted by molar-refractivity contribution is 0.0622. The van der Waals surface area contributed by atoms with E-state index in [0.29, 0.717) is 6.61 Å². The lowest BCUT2D eigenvalue weighted by atomic mass is 10.1. The van der Waals surface area contributed by atoms with Crippen molar-refractivity contribution < 1.29 is 9.13 Å². The van der Waals surface area contributed by atoms with Crippen molar-refractivity contribution in [3.05, 3.63) is 11.4 Å². The van der Waals surface area contributed by atoms with Gasteiger partial charge in [-0.3, -0.25) is 0 Å². The summed E-state index contributed by atoms with van der Waals surface area (Å²) in [5.41, 5.74) is 0.841. The molecule has 1 aliphatic heterocycles. The smallest absolute Gasteiger partial charge is 0.127 e. The second kappa shape index (κ2) is 5.30. The van der Waals surface area contributed by atoms with Crippen LogP contribution in [0.4, 0.5) is 4.39 Å². The molecule has 0 bridgehead atoms. The number of halogens is 1. The van der Waals surface area contributed by atoms with E-state index in [4.69, 9.17) is 4.74 Å². The quantitative estimate of drug-likeness (QED) is 0.529. The first-order valence-electron chi connectivity index (χ1n) is 4.18. The van der Waals surface area contributed by atoms with Gasteiger partial charge in [-0.1, -0.05) is 13.8 Å². The third-order valence-electron chi connectivity index (χ3n) is 1.61. The summed E-state index contributed by atoms with van der Waals surface area (Å²) >= 11 is 0. The van der Waals surface area contributed by atoms with Gasteiger partial charge in [0.15, 0.2) is 0 Å². The van der Waals surface area contributed by atoms with E-state index in [2.05, 4.69) is 0 Å². The highest BCUT2D eigenvalue weighted by Gasteiger charge is 2.16. The third-order valence-corrected chi connectivity index (χ3v) is 1.61. The van der Waals surface area contributed by atoms with Crippen LogP contribution >= 0.6 is 0 Å². The topological polar surface area (TPSA) is 9.23 Å². The molecule has 0 saturated heterocycles. The van der Waals surface area contributed by atoms with Crippen LogP contribution in [0.25, 0.3) is 0 Å². The van der Waals surface area contributed by atoms with E-state index >= 15 is 0 Å². The predicted molar refractivity (Wildman–Crippen MR) is 45.2 cm³/mol. The van der Waals surface area contributed by atoms with E-state index in [9.17, 15) is 4.39 Å². The summed E-state index contributed by atoms with van der Waals surface area (Å²) in [7, 11) is 0. The Morgan fingerprint density at radius 3 is 2.36 bits per heavy atom. The van der Waals surface area contributed by atoms with E-state index < -0.39 is 0 Å². The Kier molecular flexibility index (Phi) is 5.12. The second-order valence-electron chi connectivity index (χ2n) is 2.39. The molecule has 1 unspecified atom stereocenters. The molecule has 0 amide bonds. The molecule has 0 aromatic rings. The van der Waals surface area contributed by atoms with Crippen LogP contribution in [0.5, 0.6) is 0 Å². The van der Waals surface area contributed by atoms with E-state index in [1.807, 2.05) is 20.8 Å². The summed E-state index contributed by atoms with van der Waals surface area (Å²) in [5.74, 6) is -0.0822. The average Bonchev–Trinajstić information content (AvgIpc) is 2.04. The summed E-state index contributed by atoms with van der Waals surface area (Å²) in [6.07, 6.45) is 0.439. The van der Waals surface area contributed by atoms with Crippen molar-refractivity contribution in [2.45, 2.75) is 40.2 Å². The number of hydrogen-bond acceptors (Lipinski definition) is 1. The number of ether oxygens (including phenoxy) is 1. The van der Waals surface area contributed by atoms with Crippen molar-refractivity contribution in [1.82, 2.24) is 0 Å². The highest BCUT2D eigenvalue weighted by atomic mass is 19.1. The van der Waals surface area contributed by atoms with Crippen LogP contribution in [0.15, 0.2) is 11.4 Å². The number of rotatable bonds is 0. The fourth-order valence-corrected chi connectivity index (χ4v) is 0.928. The molecule has 11 heavy (non-hydrogen) atoms. The van der Waals surface area contributed by atoms with Gasteiger partial charge in [0.05, 0.1) is 6.61 Å². The van der Waals surface area contributed by atoms with Crippen molar-refractivity contribution in [3.8, 4) is 0 Å². The molecule has 0 saturated carbocycles. The van der Waals surface area contributed by atoms with E-state index in [1.54, 1.807) is 6.92 Å². The normalized spacial score (nSPS) is 24.3. The summed E-state index contributed by atoms with van der Waals surface area (Å²) in [6, 6.07) is 0. The SMILES string of the molecule is CC.CC1=C(F)C(C)OCC1. The molecule has 1 atom stereocenters. The number of hydrogen-bond donors (Lipinski definition) is 0. The molecular weight excluding hydrogens is 143 g/mol. The van der Waals surface area contributed by atoms with Gasteiger partial charge in [-0.05, 0) is 25.8 Å². The lowest BCUT2D eigenvalue weighted by Gasteiger charge is -2.18.